The molecule has 0 aromatic rings. The van der Waals surface area contributed by atoms with Gasteiger partial charge >= 0.3 is 0 Å². The zero-order chi connectivity index (χ0) is 8.53. The summed E-state index contributed by atoms with van der Waals surface area (Å²) >= 11 is 0. The smallest absolute Gasteiger partial charge is 0.0819 e. The molecule has 0 saturated carbocycles. The summed E-state index contributed by atoms with van der Waals surface area (Å²) in [6.45, 7) is 4.03. The van der Waals surface area contributed by atoms with E-state index in [1.165, 1.54) is 12.8 Å². The van der Waals surface area contributed by atoms with Gasteiger partial charge in [0.05, 0.1) is 6.10 Å². The molecule has 0 unspecified atom stereocenters. The Hall–Kier alpha value is -0.120. The molecule has 0 aliphatic carbocycles. The lowest BCUT2D eigenvalue weighted by molar-refractivity contribution is 0.0624. The van der Waals surface area contributed by atoms with Gasteiger partial charge in [-0.25, -0.2) is 0 Å². The SMILES string of the molecule is CCCCCOC(CN)CN. The van der Waals surface area contributed by atoms with E-state index in [1.54, 1.807) is 0 Å². The third-order valence-electron chi connectivity index (χ3n) is 1.63. The van der Waals surface area contributed by atoms with Gasteiger partial charge < -0.3 is 16.2 Å². The molecule has 0 aromatic carbocycles. The molecule has 11 heavy (non-hydrogen) atoms. The largest absolute Gasteiger partial charge is 0.376 e. The summed E-state index contributed by atoms with van der Waals surface area (Å²) in [7, 11) is 0. The van der Waals surface area contributed by atoms with Crippen LogP contribution in [-0.2, 0) is 4.74 Å². The van der Waals surface area contributed by atoms with Gasteiger partial charge in [0.1, 0.15) is 0 Å². The highest BCUT2D eigenvalue weighted by atomic mass is 16.5. The fourth-order valence-corrected chi connectivity index (χ4v) is 0.834. The van der Waals surface area contributed by atoms with Gasteiger partial charge in [0.2, 0.25) is 0 Å². The van der Waals surface area contributed by atoms with Gasteiger partial charge in [-0.1, -0.05) is 19.8 Å². The molecule has 3 nitrogen and oxygen atoms in total. The highest BCUT2D eigenvalue weighted by Crippen LogP contribution is 1.96. The molecule has 0 heterocycles. The van der Waals surface area contributed by atoms with Crippen molar-refractivity contribution >= 4 is 0 Å². The highest BCUT2D eigenvalue weighted by molar-refractivity contribution is 4.57. The van der Waals surface area contributed by atoms with Crippen LogP contribution in [0.2, 0.25) is 0 Å². The Bertz CT molecular complexity index is 74.5. The Morgan fingerprint density at radius 3 is 2.27 bits per heavy atom. The molecular weight excluding hydrogens is 140 g/mol. The Morgan fingerprint density at radius 2 is 1.82 bits per heavy atom. The van der Waals surface area contributed by atoms with E-state index in [4.69, 9.17) is 16.2 Å². The van der Waals surface area contributed by atoms with Crippen molar-refractivity contribution in [3.8, 4) is 0 Å². The first-order chi connectivity index (χ1) is 5.35. The van der Waals surface area contributed by atoms with Crippen LogP contribution in [0.3, 0.4) is 0 Å². The summed E-state index contributed by atoms with van der Waals surface area (Å²) < 4.78 is 5.39. The number of ether oxygens (including phenoxy) is 1. The Balaban J connectivity index is 3.07. The van der Waals surface area contributed by atoms with Crippen LogP contribution in [0.1, 0.15) is 26.2 Å². The molecule has 0 atom stereocenters. The van der Waals surface area contributed by atoms with Crippen molar-refractivity contribution in [2.75, 3.05) is 19.7 Å². The van der Waals surface area contributed by atoms with Crippen LogP contribution in [-0.4, -0.2) is 25.8 Å². The summed E-state index contributed by atoms with van der Waals surface area (Å²) in [5.74, 6) is 0. The first kappa shape index (κ1) is 10.9. The van der Waals surface area contributed by atoms with E-state index in [0.717, 1.165) is 13.0 Å². The summed E-state index contributed by atoms with van der Waals surface area (Å²) in [5.41, 5.74) is 10.8. The van der Waals surface area contributed by atoms with E-state index in [1.807, 2.05) is 0 Å². The van der Waals surface area contributed by atoms with Gasteiger partial charge in [0.15, 0.2) is 0 Å². The number of hydrogen-bond acceptors (Lipinski definition) is 3. The molecule has 0 aliphatic rings. The minimum Gasteiger partial charge on any atom is -0.376 e. The van der Waals surface area contributed by atoms with Gasteiger partial charge in [-0.05, 0) is 6.42 Å². The van der Waals surface area contributed by atoms with Crippen molar-refractivity contribution in [2.24, 2.45) is 11.5 Å². The maximum Gasteiger partial charge on any atom is 0.0819 e. The van der Waals surface area contributed by atoms with Crippen molar-refractivity contribution in [1.82, 2.24) is 0 Å². The van der Waals surface area contributed by atoms with Gasteiger partial charge in [-0.15, -0.1) is 0 Å². The molecule has 0 aromatic heterocycles. The molecule has 3 heteroatoms. The van der Waals surface area contributed by atoms with Crippen molar-refractivity contribution in [1.29, 1.82) is 0 Å². The van der Waals surface area contributed by atoms with Crippen LogP contribution in [0.25, 0.3) is 0 Å². The monoisotopic (exact) mass is 160 g/mol. The first-order valence-electron chi connectivity index (χ1n) is 4.36. The van der Waals surface area contributed by atoms with E-state index < -0.39 is 0 Å². The van der Waals surface area contributed by atoms with Crippen molar-refractivity contribution < 1.29 is 4.74 Å². The molecule has 4 N–H and O–H groups in total. The third kappa shape index (κ3) is 6.28. The fraction of sp³-hybridized carbons (Fsp3) is 1.00. The number of nitrogens with two attached hydrogens (primary N) is 2. The van der Waals surface area contributed by atoms with Crippen LogP contribution in [0.4, 0.5) is 0 Å². The predicted octanol–water partition coefficient (Wildman–Crippen LogP) is 0.479. The van der Waals surface area contributed by atoms with Crippen LogP contribution in [0.15, 0.2) is 0 Å². The third-order valence-corrected chi connectivity index (χ3v) is 1.63. The van der Waals surface area contributed by atoms with Crippen LogP contribution in [0, 0.1) is 0 Å². The van der Waals surface area contributed by atoms with Crippen molar-refractivity contribution in [3.05, 3.63) is 0 Å². The maximum absolute atomic E-state index is 5.39. The molecule has 0 bridgehead atoms. The molecule has 0 spiro atoms. The van der Waals surface area contributed by atoms with Crippen LogP contribution < -0.4 is 11.5 Å². The average molecular weight is 160 g/mol. The van der Waals surface area contributed by atoms with Crippen LogP contribution in [0.5, 0.6) is 0 Å². The molecule has 0 aliphatic heterocycles. The lowest BCUT2D eigenvalue weighted by Crippen LogP contribution is -2.31. The summed E-state index contributed by atoms with van der Waals surface area (Å²) in [6, 6.07) is 0. The topological polar surface area (TPSA) is 61.3 Å². The van der Waals surface area contributed by atoms with Gasteiger partial charge in [-0.3, -0.25) is 0 Å². The first-order valence-corrected chi connectivity index (χ1v) is 4.36. The summed E-state index contributed by atoms with van der Waals surface area (Å²) in [5, 5.41) is 0. The quantitative estimate of drug-likeness (QED) is 0.532. The maximum atomic E-state index is 5.39. The summed E-state index contributed by atoms with van der Waals surface area (Å²) in [4.78, 5) is 0. The zero-order valence-electron chi connectivity index (χ0n) is 7.38. The van der Waals surface area contributed by atoms with Gasteiger partial charge in [0, 0.05) is 19.7 Å². The lowest BCUT2D eigenvalue weighted by atomic mass is 10.2. The standard InChI is InChI=1S/C8H20N2O/c1-2-3-4-5-11-8(6-9)7-10/h8H,2-7,9-10H2,1H3. The minimum absolute atomic E-state index is 0.0619. The van der Waals surface area contributed by atoms with E-state index in [2.05, 4.69) is 6.92 Å². The number of rotatable bonds is 7. The van der Waals surface area contributed by atoms with E-state index in [0.29, 0.717) is 13.1 Å². The molecule has 0 fully saturated rings. The molecule has 0 saturated heterocycles. The second-order valence-electron chi connectivity index (χ2n) is 2.67. The normalized spacial score (nSPS) is 10.9. The highest BCUT2D eigenvalue weighted by Gasteiger charge is 2.01. The Labute approximate surface area is 69.1 Å². The van der Waals surface area contributed by atoms with Gasteiger partial charge in [0.25, 0.3) is 0 Å². The van der Waals surface area contributed by atoms with Crippen LogP contribution >= 0.6 is 0 Å². The lowest BCUT2D eigenvalue weighted by Gasteiger charge is -2.12. The van der Waals surface area contributed by atoms with Crippen molar-refractivity contribution in [2.45, 2.75) is 32.3 Å². The Kier molecular flexibility index (Phi) is 7.89. The molecule has 0 radical (unpaired) electrons. The predicted molar refractivity (Wildman–Crippen MR) is 47.4 cm³/mol. The second kappa shape index (κ2) is 7.98. The van der Waals surface area contributed by atoms with Gasteiger partial charge in [-0.2, -0.15) is 0 Å². The second-order valence-corrected chi connectivity index (χ2v) is 2.67. The van der Waals surface area contributed by atoms with E-state index >= 15 is 0 Å². The minimum atomic E-state index is 0.0619. The van der Waals surface area contributed by atoms with E-state index in [9.17, 15) is 0 Å². The Morgan fingerprint density at radius 1 is 1.18 bits per heavy atom. The number of unbranched alkanes of at least 4 members (excludes halogenated alkanes) is 2. The fourth-order valence-electron chi connectivity index (χ4n) is 0.834. The molecule has 0 amide bonds. The van der Waals surface area contributed by atoms with E-state index in [-0.39, 0.29) is 6.10 Å². The summed E-state index contributed by atoms with van der Waals surface area (Å²) in [6.07, 6.45) is 3.63. The number of hydrogen-bond donors (Lipinski definition) is 2. The molecular formula is C8H20N2O. The van der Waals surface area contributed by atoms with Crippen molar-refractivity contribution in [3.63, 3.8) is 0 Å². The zero-order valence-corrected chi connectivity index (χ0v) is 7.38. The molecule has 68 valence electrons. The average Bonchev–Trinajstić information content (AvgIpc) is 2.05. The molecule has 0 rings (SSSR count).